The van der Waals surface area contributed by atoms with Gasteiger partial charge in [0, 0.05) is 18.3 Å². The molecular formula is C20H22N2O4. The fourth-order valence-electron chi connectivity index (χ4n) is 2.36. The van der Waals surface area contributed by atoms with Crippen LogP contribution < -0.4 is 10.6 Å². The predicted molar refractivity (Wildman–Crippen MR) is 98.9 cm³/mol. The third-order valence-electron chi connectivity index (χ3n) is 3.98. The van der Waals surface area contributed by atoms with E-state index in [0.717, 1.165) is 5.56 Å². The topological polar surface area (TPSA) is 84.5 Å². The molecule has 0 heterocycles. The summed E-state index contributed by atoms with van der Waals surface area (Å²) in [6.45, 7) is 3.09. The SMILES string of the molecule is CNC(=O)c1cccc(NC(=O)COC(=O)C(C)(C)c2ccccc2)c1. The second kappa shape index (κ2) is 8.29. The van der Waals surface area contributed by atoms with Crippen LogP contribution in [0.5, 0.6) is 0 Å². The highest BCUT2D eigenvalue weighted by atomic mass is 16.5. The van der Waals surface area contributed by atoms with Crippen LogP contribution in [0.1, 0.15) is 29.8 Å². The lowest BCUT2D eigenvalue weighted by atomic mass is 9.85. The van der Waals surface area contributed by atoms with Gasteiger partial charge in [0.15, 0.2) is 6.61 Å². The fourth-order valence-corrected chi connectivity index (χ4v) is 2.36. The molecule has 0 spiro atoms. The van der Waals surface area contributed by atoms with Gasteiger partial charge >= 0.3 is 5.97 Å². The molecule has 2 amide bonds. The first-order valence-corrected chi connectivity index (χ1v) is 8.19. The van der Waals surface area contributed by atoms with E-state index in [1.54, 1.807) is 38.1 Å². The Bertz CT molecular complexity index is 800. The third-order valence-corrected chi connectivity index (χ3v) is 3.98. The molecule has 0 saturated heterocycles. The Kier molecular flexibility index (Phi) is 6.11. The van der Waals surface area contributed by atoms with Crippen LogP contribution in [-0.2, 0) is 19.7 Å². The summed E-state index contributed by atoms with van der Waals surface area (Å²) in [4.78, 5) is 36.0. The Hall–Kier alpha value is -3.15. The van der Waals surface area contributed by atoms with Gasteiger partial charge in [0.1, 0.15) is 0 Å². The van der Waals surface area contributed by atoms with Crippen molar-refractivity contribution in [3.8, 4) is 0 Å². The summed E-state index contributed by atoms with van der Waals surface area (Å²) >= 11 is 0. The van der Waals surface area contributed by atoms with Crippen molar-refractivity contribution in [2.24, 2.45) is 0 Å². The van der Waals surface area contributed by atoms with Crippen LogP contribution in [0.3, 0.4) is 0 Å². The minimum Gasteiger partial charge on any atom is -0.455 e. The quantitative estimate of drug-likeness (QED) is 0.781. The van der Waals surface area contributed by atoms with Crippen LogP contribution in [0.2, 0.25) is 0 Å². The lowest BCUT2D eigenvalue weighted by Gasteiger charge is -2.22. The van der Waals surface area contributed by atoms with Gasteiger partial charge in [-0.05, 0) is 37.6 Å². The van der Waals surface area contributed by atoms with E-state index in [1.165, 1.54) is 7.05 Å². The largest absolute Gasteiger partial charge is 0.455 e. The molecule has 136 valence electrons. The summed E-state index contributed by atoms with van der Waals surface area (Å²) in [6.07, 6.45) is 0. The van der Waals surface area contributed by atoms with E-state index in [-0.39, 0.29) is 5.91 Å². The molecule has 2 aromatic rings. The molecule has 6 nitrogen and oxygen atoms in total. The number of hydrogen-bond acceptors (Lipinski definition) is 4. The van der Waals surface area contributed by atoms with E-state index >= 15 is 0 Å². The highest BCUT2D eigenvalue weighted by Crippen LogP contribution is 2.24. The Morgan fingerprint density at radius 3 is 2.35 bits per heavy atom. The second-order valence-electron chi connectivity index (χ2n) is 6.28. The number of nitrogens with one attached hydrogen (secondary N) is 2. The highest BCUT2D eigenvalue weighted by molar-refractivity contribution is 5.97. The summed E-state index contributed by atoms with van der Waals surface area (Å²) in [5.74, 6) is -1.22. The maximum absolute atomic E-state index is 12.3. The van der Waals surface area contributed by atoms with Crippen LogP contribution in [0.4, 0.5) is 5.69 Å². The van der Waals surface area contributed by atoms with Crippen molar-refractivity contribution in [3.63, 3.8) is 0 Å². The maximum atomic E-state index is 12.3. The summed E-state index contributed by atoms with van der Waals surface area (Å²) in [5, 5.41) is 5.12. The molecule has 0 aliphatic rings. The smallest absolute Gasteiger partial charge is 0.316 e. The molecule has 0 atom stereocenters. The van der Waals surface area contributed by atoms with Crippen molar-refractivity contribution in [1.82, 2.24) is 5.32 Å². The zero-order valence-corrected chi connectivity index (χ0v) is 15.0. The standard InChI is InChI=1S/C20H22N2O4/c1-20(2,15-9-5-4-6-10-15)19(25)26-13-17(23)22-16-11-7-8-14(12-16)18(24)21-3/h4-12H,13H2,1-3H3,(H,21,24)(H,22,23). The molecule has 0 aliphatic heterocycles. The van der Waals surface area contributed by atoms with E-state index in [1.807, 2.05) is 30.3 Å². The van der Waals surface area contributed by atoms with Gasteiger partial charge in [-0.3, -0.25) is 14.4 Å². The first-order chi connectivity index (χ1) is 12.3. The monoisotopic (exact) mass is 354 g/mol. The minimum atomic E-state index is -0.860. The van der Waals surface area contributed by atoms with Crippen molar-refractivity contribution < 1.29 is 19.1 Å². The van der Waals surface area contributed by atoms with Crippen LogP contribution in [0, 0.1) is 0 Å². The van der Waals surface area contributed by atoms with Crippen molar-refractivity contribution in [3.05, 3.63) is 65.7 Å². The normalized spacial score (nSPS) is 10.7. The zero-order chi connectivity index (χ0) is 19.2. The van der Waals surface area contributed by atoms with Gasteiger partial charge < -0.3 is 15.4 Å². The van der Waals surface area contributed by atoms with Crippen LogP contribution in [0.25, 0.3) is 0 Å². The molecule has 26 heavy (non-hydrogen) atoms. The number of anilines is 1. The Morgan fingerprint density at radius 1 is 1.00 bits per heavy atom. The first kappa shape index (κ1) is 19.2. The molecule has 2 aromatic carbocycles. The van der Waals surface area contributed by atoms with Crippen molar-refractivity contribution in [2.45, 2.75) is 19.3 Å². The lowest BCUT2D eigenvalue weighted by Crippen LogP contribution is -2.33. The molecule has 0 radical (unpaired) electrons. The van der Waals surface area contributed by atoms with Gasteiger partial charge in [0.05, 0.1) is 5.41 Å². The summed E-state index contributed by atoms with van der Waals surface area (Å²) in [7, 11) is 1.53. The van der Waals surface area contributed by atoms with Crippen LogP contribution >= 0.6 is 0 Å². The number of benzene rings is 2. The van der Waals surface area contributed by atoms with E-state index in [9.17, 15) is 14.4 Å². The number of ether oxygens (including phenoxy) is 1. The highest BCUT2D eigenvalue weighted by Gasteiger charge is 2.31. The Labute approximate surface area is 152 Å². The molecule has 0 aromatic heterocycles. The van der Waals surface area contributed by atoms with Crippen LogP contribution in [-0.4, -0.2) is 31.4 Å². The van der Waals surface area contributed by atoms with Gasteiger partial charge in [0.2, 0.25) is 0 Å². The second-order valence-corrected chi connectivity index (χ2v) is 6.28. The zero-order valence-electron chi connectivity index (χ0n) is 15.0. The average Bonchev–Trinajstić information content (AvgIpc) is 2.66. The number of hydrogen-bond donors (Lipinski definition) is 2. The lowest BCUT2D eigenvalue weighted by molar-refractivity contribution is -0.152. The number of rotatable bonds is 6. The Morgan fingerprint density at radius 2 is 1.69 bits per heavy atom. The van der Waals surface area contributed by atoms with Gasteiger partial charge in [-0.15, -0.1) is 0 Å². The minimum absolute atomic E-state index is 0.253. The first-order valence-electron chi connectivity index (χ1n) is 8.19. The van der Waals surface area contributed by atoms with Crippen molar-refractivity contribution >= 4 is 23.5 Å². The number of carbonyl (C=O) groups excluding carboxylic acids is 3. The van der Waals surface area contributed by atoms with Gasteiger partial charge in [-0.2, -0.15) is 0 Å². The van der Waals surface area contributed by atoms with Gasteiger partial charge in [-0.1, -0.05) is 36.4 Å². The predicted octanol–water partition coefficient (Wildman–Crippen LogP) is 2.51. The van der Waals surface area contributed by atoms with Gasteiger partial charge in [0.25, 0.3) is 11.8 Å². The molecule has 2 rings (SSSR count). The molecule has 0 fully saturated rings. The van der Waals surface area contributed by atoms with E-state index < -0.39 is 23.9 Å². The third kappa shape index (κ3) is 4.69. The molecule has 2 N–H and O–H groups in total. The maximum Gasteiger partial charge on any atom is 0.316 e. The number of amides is 2. The Balaban J connectivity index is 1.94. The average molecular weight is 354 g/mol. The number of carbonyl (C=O) groups is 3. The van der Waals surface area contributed by atoms with Gasteiger partial charge in [-0.25, -0.2) is 0 Å². The van der Waals surface area contributed by atoms with E-state index in [0.29, 0.717) is 11.3 Å². The summed E-state index contributed by atoms with van der Waals surface area (Å²) in [6, 6.07) is 15.7. The van der Waals surface area contributed by atoms with E-state index in [4.69, 9.17) is 4.74 Å². The number of esters is 1. The molecule has 6 heteroatoms. The van der Waals surface area contributed by atoms with Crippen molar-refractivity contribution in [1.29, 1.82) is 0 Å². The van der Waals surface area contributed by atoms with Crippen molar-refractivity contribution in [2.75, 3.05) is 19.0 Å². The molecule has 0 bridgehead atoms. The molecular weight excluding hydrogens is 332 g/mol. The summed E-state index contributed by atoms with van der Waals surface area (Å²) in [5.41, 5.74) is 0.825. The van der Waals surface area contributed by atoms with Crippen LogP contribution in [0.15, 0.2) is 54.6 Å². The molecule has 0 saturated carbocycles. The molecule has 0 aliphatic carbocycles. The fraction of sp³-hybridized carbons (Fsp3) is 0.250. The molecule has 0 unspecified atom stereocenters. The summed E-state index contributed by atoms with van der Waals surface area (Å²) < 4.78 is 5.16. The van der Waals surface area contributed by atoms with E-state index in [2.05, 4.69) is 10.6 Å².